The van der Waals surface area contributed by atoms with E-state index < -0.39 is 12.0 Å². The smallest absolute Gasteiger partial charge is 0.320 e. The minimum absolute atomic E-state index is 0.357. The Morgan fingerprint density at radius 2 is 2.19 bits per heavy atom. The fourth-order valence-electron chi connectivity index (χ4n) is 1.47. The van der Waals surface area contributed by atoms with Gasteiger partial charge in [0.2, 0.25) is 0 Å². The number of carboxylic acids is 1. The van der Waals surface area contributed by atoms with Crippen LogP contribution < -0.4 is 5.73 Å². The van der Waals surface area contributed by atoms with Crippen LogP contribution in [0.3, 0.4) is 0 Å². The maximum absolute atomic E-state index is 10.6. The lowest BCUT2D eigenvalue weighted by atomic mass is 10.0. The average Bonchev–Trinajstić information content (AvgIpc) is 2.26. The monoisotopic (exact) mass is 223 g/mol. The van der Waals surface area contributed by atoms with Gasteiger partial charge in [-0.1, -0.05) is 24.3 Å². The van der Waals surface area contributed by atoms with Gasteiger partial charge in [-0.15, -0.1) is 0 Å². The summed E-state index contributed by atoms with van der Waals surface area (Å²) >= 11 is 0. The number of benzene rings is 1. The predicted octanol–water partition coefficient (Wildman–Crippen LogP) is 0.830. The summed E-state index contributed by atoms with van der Waals surface area (Å²) in [6.07, 6.45) is 1.18. The molecule has 0 fully saturated rings. The van der Waals surface area contributed by atoms with Crippen molar-refractivity contribution >= 4 is 5.97 Å². The summed E-state index contributed by atoms with van der Waals surface area (Å²) in [5.41, 5.74) is 7.56. The van der Waals surface area contributed by atoms with Crippen molar-refractivity contribution in [2.24, 2.45) is 5.73 Å². The van der Waals surface area contributed by atoms with E-state index in [1.807, 2.05) is 24.3 Å². The summed E-state index contributed by atoms with van der Waals surface area (Å²) in [5.74, 6) is -0.970. The summed E-state index contributed by atoms with van der Waals surface area (Å²) in [5, 5.41) is 8.71. The zero-order valence-corrected chi connectivity index (χ0v) is 9.35. The van der Waals surface area contributed by atoms with Gasteiger partial charge in [-0.3, -0.25) is 4.79 Å². The molecule has 0 aliphatic heterocycles. The maximum atomic E-state index is 10.6. The molecule has 0 saturated carbocycles. The summed E-state index contributed by atoms with van der Waals surface area (Å²) in [7, 11) is 1.66. The highest BCUT2D eigenvalue weighted by atomic mass is 16.5. The highest BCUT2D eigenvalue weighted by molar-refractivity contribution is 5.73. The van der Waals surface area contributed by atoms with Crippen LogP contribution >= 0.6 is 0 Å². The number of ether oxygens (including phenoxy) is 1. The normalized spacial score (nSPS) is 12.4. The number of carbonyl (C=O) groups is 1. The minimum atomic E-state index is -0.970. The zero-order chi connectivity index (χ0) is 12.0. The van der Waals surface area contributed by atoms with Gasteiger partial charge in [-0.05, 0) is 24.0 Å². The van der Waals surface area contributed by atoms with Gasteiger partial charge in [-0.25, -0.2) is 0 Å². The van der Waals surface area contributed by atoms with Crippen LogP contribution in [0.25, 0.3) is 0 Å². The second-order valence-corrected chi connectivity index (χ2v) is 3.71. The van der Waals surface area contributed by atoms with Crippen LogP contribution in [0.2, 0.25) is 0 Å². The molecule has 16 heavy (non-hydrogen) atoms. The fourth-order valence-corrected chi connectivity index (χ4v) is 1.47. The summed E-state index contributed by atoms with van der Waals surface area (Å²) < 4.78 is 4.99. The van der Waals surface area contributed by atoms with Crippen molar-refractivity contribution in [1.82, 2.24) is 0 Å². The molecule has 0 saturated heterocycles. The number of methoxy groups -OCH3 is 1. The highest BCUT2D eigenvalue weighted by Gasteiger charge is 2.11. The molecule has 0 heterocycles. The molecule has 1 rings (SSSR count). The molecular formula is C12H17NO3. The van der Waals surface area contributed by atoms with Gasteiger partial charge in [-0.2, -0.15) is 0 Å². The van der Waals surface area contributed by atoms with Gasteiger partial charge in [0, 0.05) is 7.11 Å². The van der Waals surface area contributed by atoms with E-state index in [1.165, 1.54) is 0 Å². The third kappa shape index (κ3) is 4.00. The molecule has 1 aromatic rings. The molecule has 0 bridgehead atoms. The number of nitrogens with two attached hydrogens (primary N) is 1. The van der Waals surface area contributed by atoms with E-state index in [2.05, 4.69) is 0 Å². The second kappa shape index (κ2) is 6.25. The minimum Gasteiger partial charge on any atom is -0.480 e. The van der Waals surface area contributed by atoms with E-state index in [1.54, 1.807) is 7.11 Å². The van der Waals surface area contributed by atoms with Crippen molar-refractivity contribution in [3.05, 3.63) is 35.4 Å². The molecule has 0 aliphatic carbocycles. The average molecular weight is 223 g/mol. The Kier molecular flexibility index (Phi) is 4.95. The summed E-state index contributed by atoms with van der Waals surface area (Å²) in [6, 6.07) is 6.93. The molecule has 0 amide bonds. The molecule has 88 valence electrons. The van der Waals surface area contributed by atoms with Crippen LogP contribution in [-0.4, -0.2) is 30.8 Å². The molecule has 0 spiro atoms. The van der Waals surface area contributed by atoms with Crippen LogP contribution in [0.1, 0.15) is 11.1 Å². The van der Waals surface area contributed by atoms with Gasteiger partial charge in [0.05, 0.1) is 6.61 Å². The van der Waals surface area contributed by atoms with Crippen molar-refractivity contribution in [2.45, 2.75) is 18.9 Å². The third-order valence-electron chi connectivity index (χ3n) is 2.36. The highest BCUT2D eigenvalue weighted by Crippen LogP contribution is 2.08. The molecule has 1 unspecified atom stereocenters. The summed E-state index contributed by atoms with van der Waals surface area (Å²) in [4.78, 5) is 10.6. The summed E-state index contributed by atoms with van der Waals surface area (Å²) in [6.45, 7) is 0.661. The number of rotatable bonds is 6. The van der Waals surface area contributed by atoms with Gasteiger partial charge in [0.25, 0.3) is 0 Å². The second-order valence-electron chi connectivity index (χ2n) is 3.71. The number of carboxylic acid groups (broad SMARTS) is 1. The first-order valence-electron chi connectivity index (χ1n) is 5.18. The zero-order valence-electron chi connectivity index (χ0n) is 9.35. The van der Waals surface area contributed by atoms with Crippen LogP contribution in [0.5, 0.6) is 0 Å². The molecule has 0 radical (unpaired) electrons. The first kappa shape index (κ1) is 12.7. The third-order valence-corrected chi connectivity index (χ3v) is 2.36. The first-order valence-corrected chi connectivity index (χ1v) is 5.18. The molecular weight excluding hydrogens is 206 g/mol. The topological polar surface area (TPSA) is 72.5 Å². The van der Waals surface area contributed by atoms with E-state index in [0.29, 0.717) is 13.0 Å². The van der Waals surface area contributed by atoms with Crippen molar-refractivity contribution in [2.75, 3.05) is 13.7 Å². The SMILES string of the molecule is COCCc1cccc(CC(N)C(=O)O)c1. The van der Waals surface area contributed by atoms with Crippen LogP contribution in [-0.2, 0) is 22.4 Å². The van der Waals surface area contributed by atoms with E-state index in [9.17, 15) is 4.79 Å². The lowest BCUT2D eigenvalue weighted by molar-refractivity contribution is -0.138. The van der Waals surface area contributed by atoms with E-state index in [-0.39, 0.29) is 0 Å². The standard InChI is InChI=1S/C12H17NO3/c1-16-6-5-9-3-2-4-10(7-9)8-11(13)12(14)15/h2-4,7,11H,5-6,8,13H2,1H3,(H,14,15). The molecule has 1 aromatic carbocycles. The Balaban J connectivity index is 2.63. The fraction of sp³-hybridized carbons (Fsp3) is 0.417. The number of hydrogen-bond acceptors (Lipinski definition) is 3. The Morgan fingerprint density at radius 3 is 2.81 bits per heavy atom. The number of hydrogen-bond donors (Lipinski definition) is 2. The molecule has 3 N–H and O–H groups in total. The predicted molar refractivity (Wildman–Crippen MR) is 61.3 cm³/mol. The van der Waals surface area contributed by atoms with Crippen molar-refractivity contribution < 1.29 is 14.6 Å². The van der Waals surface area contributed by atoms with Crippen LogP contribution in [0, 0.1) is 0 Å². The Morgan fingerprint density at radius 1 is 1.50 bits per heavy atom. The van der Waals surface area contributed by atoms with Gasteiger partial charge >= 0.3 is 5.97 Å². The van der Waals surface area contributed by atoms with E-state index in [0.717, 1.165) is 17.5 Å². The Hall–Kier alpha value is -1.39. The Labute approximate surface area is 95.0 Å². The van der Waals surface area contributed by atoms with E-state index in [4.69, 9.17) is 15.6 Å². The van der Waals surface area contributed by atoms with Crippen LogP contribution in [0.4, 0.5) is 0 Å². The maximum Gasteiger partial charge on any atom is 0.320 e. The van der Waals surface area contributed by atoms with Crippen molar-refractivity contribution in [3.63, 3.8) is 0 Å². The van der Waals surface area contributed by atoms with Gasteiger partial charge in [0.1, 0.15) is 6.04 Å². The van der Waals surface area contributed by atoms with E-state index >= 15 is 0 Å². The molecule has 0 aliphatic rings. The Bertz CT molecular complexity index is 352. The molecule has 4 nitrogen and oxygen atoms in total. The lowest BCUT2D eigenvalue weighted by Gasteiger charge is -2.08. The molecule has 0 aromatic heterocycles. The largest absolute Gasteiger partial charge is 0.480 e. The lowest BCUT2D eigenvalue weighted by Crippen LogP contribution is -2.32. The van der Waals surface area contributed by atoms with Gasteiger partial charge in [0.15, 0.2) is 0 Å². The quantitative estimate of drug-likeness (QED) is 0.749. The molecule has 1 atom stereocenters. The number of aliphatic carboxylic acids is 1. The molecule has 4 heteroatoms. The van der Waals surface area contributed by atoms with Crippen molar-refractivity contribution in [3.8, 4) is 0 Å². The first-order chi connectivity index (χ1) is 7.63. The van der Waals surface area contributed by atoms with Gasteiger partial charge < -0.3 is 15.6 Å². The van der Waals surface area contributed by atoms with Crippen molar-refractivity contribution in [1.29, 1.82) is 0 Å². The van der Waals surface area contributed by atoms with Crippen LogP contribution in [0.15, 0.2) is 24.3 Å².